The van der Waals surface area contributed by atoms with Crippen LogP contribution in [0.15, 0.2) is 12.1 Å². The number of benzene rings is 1. The Balaban J connectivity index is 3.14. The van der Waals surface area contributed by atoms with Crippen molar-refractivity contribution >= 4 is 21.9 Å². The molecule has 1 aromatic rings. The van der Waals surface area contributed by atoms with Gasteiger partial charge in [0.25, 0.3) is 0 Å². The van der Waals surface area contributed by atoms with E-state index in [1.54, 1.807) is 0 Å². The van der Waals surface area contributed by atoms with Gasteiger partial charge in [0.1, 0.15) is 11.6 Å². The average molecular weight is 291 g/mol. The van der Waals surface area contributed by atoms with Crippen LogP contribution >= 0.6 is 15.9 Å². The topological polar surface area (TPSA) is 35.5 Å². The van der Waals surface area contributed by atoms with Crippen LogP contribution in [0.1, 0.15) is 11.1 Å². The largest absolute Gasteiger partial charge is 0.496 e. The predicted molar refractivity (Wildman–Crippen MR) is 61.3 cm³/mol. The number of ether oxygens (including phenoxy) is 2. The lowest BCUT2D eigenvalue weighted by molar-refractivity contribution is -0.139. The number of hydrogen-bond acceptors (Lipinski definition) is 3. The van der Waals surface area contributed by atoms with E-state index in [1.165, 1.54) is 26.4 Å². The van der Waals surface area contributed by atoms with Crippen molar-refractivity contribution in [1.82, 2.24) is 0 Å². The van der Waals surface area contributed by atoms with E-state index in [0.717, 1.165) is 5.56 Å². The SMILES string of the molecule is COC(=O)Cc1cc(F)cc(OC)c1CBr. The van der Waals surface area contributed by atoms with Crippen LogP contribution < -0.4 is 4.74 Å². The molecule has 0 atom stereocenters. The zero-order valence-electron chi connectivity index (χ0n) is 9.05. The number of methoxy groups -OCH3 is 2. The summed E-state index contributed by atoms with van der Waals surface area (Å²) in [6.45, 7) is 0. The molecule has 0 unspecified atom stereocenters. The molecule has 0 N–H and O–H groups in total. The second-order valence-electron chi connectivity index (χ2n) is 3.13. The van der Waals surface area contributed by atoms with Gasteiger partial charge in [0.15, 0.2) is 0 Å². The summed E-state index contributed by atoms with van der Waals surface area (Å²) < 4.78 is 22.8. The molecule has 0 heterocycles. The highest BCUT2D eigenvalue weighted by molar-refractivity contribution is 9.08. The minimum atomic E-state index is -0.430. The van der Waals surface area contributed by atoms with Crippen LogP contribution in [0.4, 0.5) is 4.39 Å². The highest BCUT2D eigenvalue weighted by Crippen LogP contribution is 2.27. The summed E-state index contributed by atoms with van der Waals surface area (Å²) in [5, 5.41) is 0.489. The summed E-state index contributed by atoms with van der Waals surface area (Å²) in [6.07, 6.45) is 0.0333. The van der Waals surface area contributed by atoms with E-state index in [9.17, 15) is 9.18 Å². The van der Waals surface area contributed by atoms with Gasteiger partial charge >= 0.3 is 5.97 Å². The summed E-state index contributed by atoms with van der Waals surface area (Å²) in [6, 6.07) is 2.60. The van der Waals surface area contributed by atoms with Gasteiger partial charge in [-0.05, 0) is 11.6 Å². The second kappa shape index (κ2) is 5.84. The van der Waals surface area contributed by atoms with E-state index >= 15 is 0 Å². The fourth-order valence-electron chi connectivity index (χ4n) is 1.39. The number of rotatable bonds is 4. The Morgan fingerprint density at radius 2 is 2.12 bits per heavy atom. The lowest BCUT2D eigenvalue weighted by Gasteiger charge is -2.11. The minimum Gasteiger partial charge on any atom is -0.496 e. The highest BCUT2D eigenvalue weighted by atomic mass is 79.9. The first-order chi connectivity index (χ1) is 7.62. The normalized spacial score (nSPS) is 10.0. The monoisotopic (exact) mass is 290 g/mol. The van der Waals surface area contributed by atoms with Crippen molar-refractivity contribution in [2.45, 2.75) is 11.8 Å². The van der Waals surface area contributed by atoms with Crippen LogP contribution in [-0.2, 0) is 21.3 Å². The standard InChI is InChI=1S/C11H12BrFO3/c1-15-10-5-8(13)3-7(9(10)6-12)4-11(14)16-2/h3,5H,4,6H2,1-2H3. The van der Waals surface area contributed by atoms with E-state index in [1.807, 2.05) is 0 Å². The van der Waals surface area contributed by atoms with Crippen molar-refractivity contribution in [3.05, 3.63) is 29.1 Å². The molecule has 0 radical (unpaired) electrons. The molecule has 0 amide bonds. The van der Waals surface area contributed by atoms with Gasteiger partial charge in [-0.1, -0.05) is 15.9 Å². The summed E-state index contributed by atoms with van der Waals surface area (Å²) in [5.41, 5.74) is 1.33. The maximum Gasteiger partial charge on any atom is 0.309 e. The molecule has 0 fully saturated rings. The van der Waals surface area contributed by atoms with Crippen LogP contribution in [0, 0.1) is 5.82 Å². The first kappa shape index (κ1) is 13.0. The molecule has 0 saturated heterocycles. The van der Waals surface area contributed by atoms with Crippen molar-refractivity contribution in [3.63, 3.8) is 0 Å². The van der Waals surface area contributed by atoms with Gasteiger partial charge in [-0.15, -0.1) is 0 Å². The van der Waals surface area contributed by atoms with E-state index in [4.69, 9.17) is 4.74 Å². The van der Waals surface area contributed by atoms with Crippen LogP contribution in [0.25, 0.3) is 0 Å². The highest BCUT2D eigenvalue weighted by Gasteiger charge is 2.14. The van der Waals surface area contributed by atoms with Crippen LogP contribution in [0.5, 0.6) is 5.75 Å². The Kier molecular flexibility index (Phi) is 4.73. The van der Waals surface area contributed by atoms with Crippen molar-refractivity contribution in [2.24, 2.45) is 0 Å². The number of carbonyl (C=O) groups excluding carboxylic acids is 1. The molecule has 0 aromatic heterocycles. The Labute approximate surface area is 102 Å². The maximum atomic E-state index is 13.2. The molecular weight excluding hydrogens is 279 g/mol. The molecule has 0 aliphatic carbocycles. The van der Waals surface area contributed by atoms with E-state index in [-0.39, 0.29) is 6.42 Å². The summed E-state index contributed by atoms with van der Waals surface area (Å²) >= 11 is 3.28. The van der Waals surface area contributed by atoms with Crippen molar-refractivity contribution in [3.8, 4) is 5.75 Å². The quantitative estimate of drug-likeness (QED) is 0.631. The zero-order chi connectivity index (χ0) is 12.1. The van der Waals surface area contributed by atoms with Crippen molar-refractivity contribution in [2.75, 3.05) is 14.2 Å². The van der Waals surface area contributed by atoms with Crippen LogP contribution in [0.3, 0.4) is 0 Å². The van der Waals surface area contributed by atoms with Gasteiger partial charge < -0.3 is 9.47 Å². The van der Waals surface area contributed by atoms with E-state index in [0.29, 0.717) is 16.6 Å². The fourth-order valence-corrected chi connectivity index (χ4v) is 2.02. The number of esters is 1. The molecule has 1 aromatic carbocycles. The lowest BCUT2D eigenvalue weighted by Crippen LogP contribution is -2.08. The zero-order valence-corrected chi connectivity index (χ0v) is 10.6. The second-order valence-corrected chi connectivity index (χ2v) is 3.69. The number of halogens is 2. The van der Waals surface area contributed by atoms with E-state index < -0.39 is 11.8 Å². The summed E-state index contributed by atoms with van der Waals surface area (Å²) in [4.78, 5) is 11.2. The van der Waals surface area contributed by atoms with Gasteiger partial charge in [0.05, 0.1) is 20.6 Å². The third-order valence-corrected chi connectivity index (χ3v) is 2.74. The molecule has 0 aliphatic rings. The average Bonchev–Trinajstić information content (AvgIpc) is 2.28. The van der Waals surface area contributed by atoms with E-state index in [2.05, 4.69) is 20.7 Å². The molecular formula is C11H12BrFO3. The lowest BCUT2D eigenvalue weighted by atomic mass is 10.0. The molecule has 88 valence electrons. The van der Waals surface area contributed by atoms with Crippen LogP contribution in [-0.4, -0.2) is 20.2 Å². The predicted octanol–water partition coefficient (Wildman–Crippen LogP) is 2.44. The van der Waals surface area contributed by atoms with Gasteiger partial charge in [-0.25, -0.2) is 4.39 Å². The third kappa shape index (κ3) is 2.95. The number of carbonyl (C=O) groups is 1. The fraction of sp³-hybridized carbons (Fsp3) is 0.364. The van der Waals surface area contributed by atoms with Crippen LogP contribution in [0.2, 0.25) is 0 Å². The summed E-state index contributed by atoms with van der Waals surface area (Å²) in [5.74, 6) is -0.411. The Hall–Kier alpha value is -1.10. The molecule has 0 spiro atoms. The van der Waals surface area contributed by atoms with Crippen molar-refractivity contribution < 1.29 is 18.7 Å². The first-order valence-electron chi connectivity index (χ1n) is 4.60. The minimum absolute atomic E-state index is 0.0333. The summed E-state index contributed by atoms with van der Waals surface area (Å²) in [7, 11) is 2.76. The van der Waals surface area contributed by atoms with Gasteiger partial charge in [-0.2, -0.15) is 0 Å². The number of hydrogen-bond donors (Lipinski definition) is 0. The Bertz CT molecular complexity index is 393. The molecule has 16 heavy (non-hydrogen) atoms. The molecule has 0 bridgehead atoms. The number of alkyl halides is 1. The third-order valence-electron chi connectivity index (χ3n) is 2.18. The molecule has 1 rings (SSSR count). The maximum absolute atomic E-state index is 13.2. The Morgan fingerprint density at radius 3 is 2.62 bits per heavy atom. The van der Waals surface area contributed by atoms with Gasteiger partial charge in [-0.3, -0.25) is 4.79 Å². The van der Waals surface area contributed by atoms with Gasteiger partial charge in [0.2, 0.25) is 0 Å². The van der Waals surface area contributed by atoms with Gasteiger partial charge in [0, 0.05) is 17.0 Å². The molecule has 0 aliphatic heterocycles. The smallest absolute Gasteiger partial charge is 0.309 e. The van der Waals surface area contributed by atoms with Crippen molar-refractivity contribution in [1.29, 1.82) is 0 Å². The molecule has 0 saturated carbocycles. The molecule has 3 nitrogen and oxygen atoms in total. The Morgan fingerprint density at radius 1 is 1.44 bits per heavy atom. The molecule has 5 heteroatoms. The first-order valence-corrected chi connectivity index (χ1v) is 5.72.